The lowest BCUT2D eigenvalue weighted by Crippen LogP contribution is -1.94. The van der Waals surface area contributed by atoms with Gasteiger partial charge in [0.15, 0.2) is 5.65 Å². The highest BCUT2D eigenvalue weighted by Crippen LogP contribution is 2.23. The van der Waals surface area contributed by atoms with Gasteiger partial charge in [0, 0.05) is 9.86 Å². The molecule has 2 heterocycles. The molecule has 0 aliphatic carbocycles. The van der Waals surface area contributed by atoms with Gasteiger partial charge in [0.1, 0.15) is 5.82 Å². The van der Waals surface area contributed by atoms with Crippen molar-refractivity contribution in [2.24, 2.45) is 0 Å². The van der Waals surface area contributed by atoms with Crippen LogP contribution in [0.15, 0.2) is 22.7 Å². The molecule has 0 saturated heterocycles. The molecular formula is C10H6BrClN4. The molecule has 1 aromatic carbocycles. The van der Waals surface area contributed by atoms with Crippen molar-refractivity contribution in [3.8, 4) is 0 Å². The predicted octanol–water partition coefficient (Wildman–Crippen LogP) is 3.00. The van der Waals surface area contributed by atoms with Crippen molar-refractivity contribution in [1.82, 2.24) is 19.6 Å². The van der Waals surface area contributed by atoms with Crippen molar-refractivity contribution in [3.63, 3.8) is 0 Å². The number of benzene rings is 1. The van der Waals surface area contributed by atoms with Crippen LogP contribution in [-0.2, 0) is 0 Å². The summed E-state index contributed by atoms with van der Waals surface area (Å²) in [5.74, 6) is 0.677. The van der Waals surface area contributed by atoms with Crippen LogP contribution in [0.1, 0.15) is 5.82 Å². The Bertz CT molecular complexity index is 707. The highest BCUT2D eigenvalue weighted by atomic mass is 79.9. The highest BCUT2D eigenvalue weighted by molar-refractivity contribution is 9.10. The van der Waals surface area contributed by atoms with Crippen LogP contribution in [0.25, 0.3) is 16.6 Å². The summed E-state index contributed by atoms with van der Waals surface area (Å²) in [5.41, 5.74) is 1.54. The van der Waals surface area contributed by atoms with Gasteiger partial charge in [-0.2, -0.15) is 4.52 Å². The normalized spacial score (nSPS) is 11.4. The molecule has 0 aliphatic rings. The molecule has 0 atom stereocenters. The maximum absolute atomic E-state index is 6.03. The highest BCUT2D eigenvalue weighted by Gasteiger charge is 2.10. The molecule has 4 nitrogen and oxygen atoms in total. The van der Waals surface area contributed by atoms with Crippen molar-refractivity contribution in [3.05, 3.63) is 33.8 Å². The van der Waals surface area contributed by atoms with Crippen LogP contribution in [0.3, 0.4) is 0 Å². The monoisotopic (exact) mass is 296 g/mol. The molecule has 3 aromatic rings. The quantitative estimate of drug-likeness (QED) is 0.599. The maximum atomic E-state index is 6.03. The lowest BCUT2D eigenvalue weighted by molar-refractivity contribution is 0.909. The van der Waals surface area contributed by atoms with E-state index >= 15 is 0 Å². The fourth-order valence-corrected chi connectivity index (χ4v) is 2.22. The number of hydrogen-bond donors (Lipinski definition) is 0. The fourth-order valence-electron chi connectivity index (χ4n) is 1.65. The molecule has 80 valence electrons. The van der Waals surface area contributed by atoms with Crippen molar-refractivity contribution < 1.29 is 0 Å². The van der Waals surface area contributed by atoms with Gasteiger partial charge in [-0.05, 0) is 36.7 Å². The van der Waals surface area contributed by atoms with E-state index in [9.17, 15) is 0 Å². The van der Waals surface area contributed by atoms with Gasteiger partial charge < -0.3 is 0 Å². The minimum atomic E-state index is 0.324. The average Bonchev–Trinajstić information content (AvgIpc) is 2.62. The van der Waals surface area contributed by atoms with Crippen molar-refractivity contribution in [2.45, 2.75) is 6.92 Å². The number of halogens is 2. The van der Waals surface area contributed by atoms with Crippen LogP contribution in [-0.4, -0.2) is 19.6 Å². The van der Waals surface area contributed by atoms with Gasteiger partial charge >= 0.3 is 0 Å². The van der Waals surface area contributed by atoms with Crippen molar-refractivity contribution in [2.75, 3.05) is 0 Å². The number of nitrogens with zero attached hydrogens (tertiary/aromatic N) is 4. The van der Waals surface area contributed by atoms with Crippen LogP contribution in [0, 0.1) is 6.92 Å². The Labute approximate surface area is 104 Å². The Morgan fingerprint density at radius 2 is 2.12 bits per heavy atom. The first-order valence-electron chi connectivity index (χ1n) is 4.63. The summed E-state index contributed by atoms with van der Waals surface area (Å²) in [7, 11) is 0. The summed E-state index contributed by atoms with van der Waals surface area (Å²) in [5, 5.41) is 5.44. The zero-order valence-electron chi connectivity index (χ0n) is 8.28. The number of aryl methyl sites for hydroxylation is 1. The minimum Gasteiger partial charge on any atom is -0.218 e. The van der Waals surface area contributed by atoms with Crippen LogP contribution in [0.5, 0.6) is 0 Å². The fraction of sp³-hybridized carbons (Fsp3) is 0.100. The minimum absolute atomic E-state index is 0.324. The summed E-state index contributed by atoms with van der Waals surface area (Å²) in [6.45, 7) is 1.83. The first kappa shape index (κ1) is 9.99. The van der Waals surface area contributed by atoms with E-state index < -0.39 is 0 Å². The standard InChI is InChI=1S/C10H6BrClN4/c1-5-13-9-7-4-6(11)2-3-8(7)14-10(12)16(9)15-5/h2-4H,1H3. The van der Waals surface area contributed by atoms with Gasteiger partial charge in [0.05, 0.1) is 5.52 Å². The van der Waals surface area contributed by atoms with Gasteiger partial charge in [0.2, 0.25) is 5.28 Å². The van der Waals surface area contributed by atoms with Gasteiger partial charge in [-0.3, -0.25) is 0 Å². The summed E-state index contributed by atoms with van der Waals surface area (Å²) in [6.07, 6.45) is 0. The van der Waals surface area contributed by atoms with E-state index in [-0.39, 0.29) is 0 Å². The molecular weight excluding hydrogens is 291 g/mol. The maximum Gasteiger partial charge on any atom is 0.226 e. The number of rotatable bonds is 0. The van der Waals surface area contributed by atoms with E-state index in [4.69, 9.17) is 11.6 Å². The van der Waals surface area contributed by atoms with Crippen molar-refractivity contribution >= 4 is 44.1 Å². The van der Waals surface area contributed by atoms with E-state index in [1.807, 2.05) is 25.1 Å². The Balaban J connectivity index is 2.59. The average molecular weight is 298 g/mol. The molecule has 0 bridgehead atoms. The first-order chi connectivity index (χ1) is 7.65. The van der Waals surface area contributed by atoms with Crippen LogP contribution >= 0.6 is 27.5 Å². The summed E-state index contributed by atoms with van der Waals surface area (Å²) in [4.78, 5) is 8.61. The first-order valence-corrected chi connectivity index (χ1v) is 5.80. The number of aromatic nitrogens is 4. The van der Waals surface area contributed by atoms with Gasteiger partial charge in [0.25, 0.3) is 0 Å². The summed E-state index contributed by atoms with van der Waals surface area (Å²) < 4.78 is 2.53. The molecule has 2 aromatic heterocycles. The SMILES string of the molecule is Cc1nc2c3cc(Br)ccc3nc(Cl)n2n1. The Morgan fingerprint density at radius 3 is 2.94 bits per heavy atom. The third-order valence-electron chi connectivity index (χ3n) is 2.30. The second kappa shape index (κ2) is 3.40. The lowest BCUT2D eigenvalue weighted by Gasteiger charge is -2.01. The van der Waals surface area contributed by atoms with Gasteiger partial charge in [-0.25, -0.2) is 9.97 Å². The molecule has 0 N–H and O–H groups in total. The van der Waals surface area contributed by atoms with E-state index in [1.54, 1.807) is 4.52 Å². The zero-order chi connectivity index (χ0) is 11.3. The Hall–Kier alpha value is -1.20. The number of hydrogen-bond acceptors (Lipinski definition) is 3. The van der Waals surface area contributed by atoms with E-state index in [0.29, 0.717) is 11.1 Å². The molecule has 6 heteroatoms. The third-order valence-corrected chi connectivity index (χ3v) is 3.04. The van der Waals surface area contributed by atoms with Crippen molar-refractivity contribution in [1.29, 1.82) is 0 Å². The smallest absolute Gasteiger partial charge is 0.218 e. The molecule has 0 saturated carbocycles. The van der Waals surface area contributed by atoms with Crippen LogP contribution in [0.4, 0.5) is 0 Å². The summed E-state index contributed by atoms with van der Waals surface area (Å²) in [6, 6.07) is 5.78. The molecule has 3 rings (SSSR count). The van der Waals surface area contributed by atoms with E-state index in [2.05, 4.69) is 31.0 Å². The molecule has 0 radical (unpaired) electrons. The number of fused-ring (bicyclic) bond motifs is 3. The van der Waals surface area contributed by atoms with Gasteiger partial charge in [-0.1, -0.05) is 15.9 Å². The lowest BCUT2D eigenvalue weighted by atomic mass is 10.2. The Kier molecular flexibility index (Phi) is 2.12. The summed E-state index contributed by atoms with van der Waals surface area (Å²) >= 11 is 9.45. The van der Waals surface area contributed by atoms with Crippen LogP contribution in [0.2, 0.25) is 5.28 Å². The Morgan fingerprint density at radius 1 is 1.31 bits per heavy atom. The molecule has 16 heavy (non-hydrogen) atoms. The second-order valence-corrected chi connectivity index (χ2v) is 4.69. The topological polar surface area (TPSA) is 43.1 Å². The zero-order valence-corrected chi connectivity index (χ0v) is 10.6. The van der Waals surface area contributed by atoms with E-state index in [1.165, 1.54) is 0 Å². The van der Waals surface area contributed by atoms with E-state index in [0.717, 1.165) is 21.0 Å². The molecule has 0 aliphatic heterocycles. The van der Waals surface area contributed by atoms with Crippen LogP contribution < -0.4 is 0 Å². The largest absolute Gasteiger partial charge is 0.226 e. The second-order valence-electron chi connectivity index (χ2n) is 3.44. The molecule has 0 fully saturated rings. The molecule has 0 unspecified atom stereocenters. The molecule has 0 spiro atoms. The third kappa shape index (κ3) is 1.39. The molecule has 0 amide bonds. The van der Waals surface area contributed by atoms with Gasteiger partial charge in [-0.15, -0.1) is 5.10 Å². The predicted molar refractivity (Wildman–Crippen MR) is 65.7 cm³/mol.